The Morgan fingerprint density at radius 2 is 1.00 bits per heavy atom. The van der Waals surface area contributed by atoms with Crippen LogP contribution in [-0.2, 0) is 0 Å². The Labute approximate surface area is 390 Å². The van der Waals surface area contributed by atoms with Crippen molar-refractivity contribution in [1.82, 2.24) is 0 Å². The van der Waals surface area contributed by atoms with E-state index in [9.17, 15) is 20.1 Å². The second-order valence-electron chi connectivity index (χ2n) is 18.2. The molecule has 2 spiro atoms. The average molecular weight is 895 g/mol. The van der Waals surface area contributed by atoms with E-state index in [-0.39, 0.29) is 34.8 Å². The lowest BCUT2D eigenvalue weighted by Gasteiger charge is -2.48. The molecule has 2 aliphatic heterocycles. The molecule has 4 aromatic rings. The number of thiophene rings is 2. The summed E-state index contributed by atoms with van der Waals surface area (Å²) in [6.45, 7) is 15.6. The molecule has 0 bridgehead atoms. The third kappa shape index (κ3) is 5.89. The predicted octanol–water partition coefficient (Wildman–Crippen LogP) is 13.4. The van der Waals surface area contributed by atoms with E-state index >= 15 is 0 Å². The van der Waals surface area contributed by atoms with Crippen LogP contribution in [0.2, 0.25) is 0 Å². The van der Waals surface area contributed by atoms with Gasteiger partial charge in [0.15, 0.2) is 11.6 Å². The van der Waals surface area contributed by atoms with Crippen molar-refractivity contribution in [2.24, 2.45) is 11.8 Å². The van der Waals surface area contributed by atoms with Gasteiger partial charge in [0.25, 0.3) is 11.4 Å². The lowest BCUT2D eigenvalue weighted by Crippen LogP contribution is -2.45. The minimum atomic E-state index is -0.490. The summed E-state index contributed by atoms with van der Waals surface area (Å²) in [7, 11) is 0. The summed E-state index contributed by atoms with van der Waals surface area (Å²) >= 11 is 3.17. The number of Topliss-reactive ketones (excluding diaryl/α,β-unsaturated/α-hetero) is 2. The third-order valence-corrected chi connectivity index (χ3v) is 16.9. The quantitative estimate of drug-likeness (QED) is 0.113. The van der Waals surface area contributed by atoms with Gasteiger partial charge in [-0.1, -0.05) is 85.7 Å². The first kappa shape index (κ1) is 40.2. The van der Waals surface area contributed by atoms with E-state index in [2.05, 4.69) is 34.0 Å². The van der Waals surface area contributed by atoms with Crippen LogP contribution in [0, 0.1) is 47.6 Å². The lowest BCUT2D eigenvalue weighted by atomic mass is 9.65. The molecule has 2 fully saturated rings. The first-order valence-electron chi connectivity index (χ1n) is 22.6. The fourth-order valence-electron chi connectivity index (χ4n) is 11.8. The number of benzene rings is 2. The number of hydrogen-bond acceptors (Lipinski definition) is 8. The molecular formula is C56H38N4O4S2. The summed E-state index contributed by atoms with van der Waals surface area (Å²) in [6, 6.07) is 22.6. The SMILES string of the molecule is [C-]#[N+]/C(C#N)=C1\C(=C\c2cc3c(s2)C2=CC4C=C5C(=CC4C=C2C2(CCCCC2)O3)c2sc(/C=C3\C(=O)c4ccccc4\C3=C(\C#N)[N+]#[C-])cc2OC52CCCCC2)C(=O)c2ccccc21. The zero-order valence-corrected chi connectivity index (χ0v) is 37.3. The van der Waals surface area contributed by atoms with Crippen molar-refractivity contribution in [3.05, 3.63) is 183 Å². The molecule has 2 unspecified atom stereocenters. The van der Waals surface area contributed by atoms with Crippen molar-refractivity contribution in [3.63, 3.8) is 0 Å². The second-order valence-corrected chi connectivity index (χ2v) is 20.4. The van der Waals surface area contributed by atoms with Gasteiger partial charge in [0.05, 0.1) is 35.0 Å². The van der Waals surface area contributed by atoms with Crippen molar-refractivity contribution in [3.8, 4) is 23.6 Å². The van der Waals surface area contributed by atoms with Gasteiger partial charge in [-0.15, -0.1) is 22.7 Å². The van der Waals surface area contributed by atoms with Crippen molar-refractivity contribution in [1.29, 1.82) is 10.5 Å². The molecule has 0 N–H and O–H groups in total. The van der Waals surface area contributed by atoms with E-state index in [1.54, 1.807) is 59.1 Å². The molecule has 2 saturated carbocycles. The van der Waals surface area contributed by atoms with E-state index in [0.717, 1.165) is 95.2 Å². The van der Waals surface area contributed by atoms with Gasteiger partial charge in [-0.05, 0) is 97.9 Å². The second kappa shape index (κ2) is 15.1. The first-order valence-corrected chi connectivity index (χ1v) is 24.2. The molecule has 0 saturated heterocycles. The molecule has 318 valence electrons. The van der Waals surface area contributed by atoms with Crippen molar-refractivity contribution >= 4 is 68.7 Å². The molecular weight excluding hydrogens is 857 g/mol. The van der Waals surface area contributed by atoms with Crippen molar-refractivity contribution in [2.45, 2.75) is 75.4 Å². The number of carbonyl (C=O) groups excluding carboxylic acids is 2. The summed E-state index contributed by atoms with van der Waals surface area (Å²) < 4.78 is 14.4. The van der Waals surface area contributed by atoms with Gasteiger partial charge in [-0.3, -0.25) is 9.59 Å². The minimum Gasteiger partial charge on any atom is -0.481 e. The summed E-state index contributed by atoms with van der Waals surface area (Å²) in [5.74, 6) is 1.35. The number of nitriles is 2. The molecule has 0 amide bonds. The van der Waals surface area contributed by atoms with Crippen molar-refractivity contribution in [2.75, 3.05) is 0 Å². The average Bonchev–Trinajstić information content (AvgIpc) is 4.09. The van der Waals surface area contributed by atoms with Gasteiger partial charge < -0.3 is 9.47 Å². The highest BCUT2D eigenvalue weighted by Crippen LogP contribution is 2.60. The van der Waals surface area contributed by atoms with Crippen LogP contribution in [0.3, 0.4) is 0 Å². The van der Waals surface area contributed by atoms with Gasteiger partial charge in [0.2, 0.25) is 0 Å². The fourth-order valence-corrected chi connectivity index (χ4v) is 13.9. The number of ketones is 2. The van der Waals surface area contributed by atoms with Crippen LogP contribution in [0.15, 0.2) is 119 Å². The first-order chi connectivity index (χ1) is 32.3. The van der Waals surface area contributed by atoms with E-state index in [4.69, 9.17) is 22.6 Å². The molecule has 10 heteroatoms. The van der Waals surface area contributed by atoms with Gasteiger partial charge in [-0.25, -0.2) is 20.2 Å². The number of fused-ring (bicyclic) bond motifs is 11. The van der Waals surface area contributed by atoms with Gasteiger partial charge in [-0.2, -0.15) is 0 Å². The number of carbonyl (C=O) groups is 2. The third-order valence-electron chi connectivity index (χ3n) is 14.7. The molecule has 2 aromatic carbocycles. The number of hydrogen-bond donors (Lipinski definition) is 0. The van der Waals surface area contributed by atoms with Crippen LogP contribution in [0.1, 0.15) is 116 Å². The molecule has 66 heavy (non-hydrogen) atoms. The van der Waals surface area contributed by atoms with Crippen LogP contribution >= 0.6 is 22.7 Å². The lowest BCUT2D eigenvalue weighted by molar-refractivity contribution is 0.0636. The molecule has 0 radical (unpaired) electrons. The molecule has 12 rings (SSSR count). The normalized spacial score (nSPS) is 25.0. The summed E-state index contributed by atoms with van der Waals surface area (Å²) in [6.07, 6.45) is 23.6. The van der Waals surface area contributed by atoms with E-state index < -0.39 is 11.2 Å². The highest BCUT2D eigenvalue weighted by molar-refractivity contribution is 7.15. The fraction of sp³-hybridized carbons (Fsp3) is 0.250. The van der Waals surface area contributed by atoms with Gasteiger partial charge >= 0.3 is 0 Å². The van der Waals surface area contributed by atoms with E-state index in [0.29, 0.717) is 44.5 Å². The molecule has 4 heterocycles. The maximum absolute atomic E-state index is 13.9. The number of ether oxygens (including phenoxy) is 2. The molecule has 8 nitrogen and oxygen atoms in total. The Balaban J connectivity index is 0.972. The molecule has 2 aromatic heterocycles. The Hall–Kier alpha value is -7.34. The van der Waals surface area contributed by atoms with Crippen molar-refractivity contribution < 1.29 is 19.1 Å². The number of nitrogens with zero attached hydrogens (tertiary/aromatic N) is 4. The van der Waals surface area contributed by atoms with Crippen LogP contribution < -0.4 is 9.47 Å². The maximum atomic E-state index is 13.9. The molecule has 6 aliphatic carbocycles. The summed E-state index contributed by atoms with van der Waals surface area (Å²) in [5, 5.41) is 19.9. The highest BCUT2D eigenvalue weighted by Gasteiger charge is 2.50. The molecule has 2 atom stereocenters. The summed E-state index contributed by atoms with van der Waals surface area (Å²) in [4.78, 5) is 38.6. The zero-order chi connectivity index (χ0) is 44.9. The highest BCUT2D eigenvalue weighted by atomic mass is 32.1. The topological polar surface area (TPSA) is 109 Å². The predicted molar refractivity (Wildman–Crippen MR) is 256 cm³/mol. The zero-order valence-electron chi connectivity index (χ0n) is 35.7. The minimum absolute atomic E-state index is 0.0566. The standard InChI is InChI=1S/C56H38N4O4S2/c1-59-45(29-57)49-35-13-5-7-15-37(35)51(61)41(49)25-33-27-47-53(65-33)39-21-31-24-44-40(22-32(31)23-43(39)55(63-47)17-9-3-10-18-55)54-48(64-56(44)19-11-4-12-20-56)28-34(66-54)26-42-50(46(30-58)60-2)36-14-6-8-16-38(36)52(42)62/h5-8,13-16,21-28,31-32H,3-4,9-12,17-20H2/b41-25-,42-26-,49-45-,50-46+. The maximum Gasteiger partial charge on any atom is 0.270 e. The number of allylic oxidation sites excluding steroid dienone is 10. The largest absolute Gasteiger partial charge is 0.481 e. The van der Waals surface area contributed by atoms with E-state index in [1.807, 2.05) is 48.6 Å². The van der Waals surface area contributed by atoms with Crippen LogP contribution in [0.5, 0.6) is 11.5 Å². The number of rotatable bonds is 2. The van der Waals surface area contributed by atoms with Crippen LogP contribution in [0.4, 0.5) is 0 Å². The Morgan fingerprint density at radius 1 is 0.606 bits per heavy atom. The van der Waals surface area contributed by atoms with E-state index in [1.165, 1.54) is 22.3 Å². The Kier molecular flexibility index (Phi) is 9.21. The van der Waals surface area contributed by atoms with Crippen LogP contribution in [-0.4, -0.2) is 22.8 Å². The Morgan fingerprint density at radius 3 is 1.38 bits per heavy atom. The van der Waals surface area contributed by atoms with Gasteiger partial charge in [0.1, 0.15) is 22.7 Å². The van der Waals surface area contributed by atoms with Gasteiger partial charge in [0, 0.05) is 66.2 Å². The molecule has 8 aliphatic rings. The summed E-state index contributed by atoms with van der Waals surface area (Å²) in [5.41, 5.74) is 7.33. The van der Waals surface area contributed by atoms with Crippen LogP contribution in [0.25, 0.3) is 44.1 Å². The Bertz CT molecular complexity index is 3120. The monoisotopic (exact) mass is 894 g/mol. The smallest absolute Gasteiger partial charge is 0.270 e.